The van der Waals surface area contributed by atoms with Crippen LogP contribution in [-0.2, 0) is 0 Å². The van der Waals surface area contributed by atoms with E-state index in [9.17, 15) is 0 Å². The van der Waals surface area contributed by atoms with Gasteiger partial charge in [-0.15, -0.1) is 0 Å². The number of para-hydroxylation sites is 1. The van der Waals surface area contributed by atoms with E-state index in [0.29, 0.717) is 0 Å². The topological polar surface area (TPSA) is 12.0 Å². The van der Waals surface area contributed by atoms with Gasteiger partial charge in [0.05, 0.1) is 26.8 Å². The van der Waals surface area contributed by atoms with Crippen LogP contribution in [0.4, 0.5) is 5.69 Å². The van der Waals surface area contributed by atoms with Crippen LogP contribution >= 0.6 is 0 Å². The zero-order valence-corrected chi connectivity index (χ0v) is 7.33. The fourth-order valence-corrected chi connectivity index (χ4v) is 0.900. The van der Waals surface area contributed by atoms with Crippen molar-refractivity contribution in [2.24, 2.45) is 0 Å². The van der Waals surface area contributed by atoms with Crippen LogP contribution < -0.4 is 5.43 Å². The monoisotopic (exact) mass is 183 g/mol. The van der Waals surface area contributed by atoms with Crippen LogP contribution in [0.25, 0.3) is 0 Å². The first-order chi connectivity index (χ1) is 5.08. The van der Waals surface area contributed by atoms with Gasteiger partial charge in [0.2, 0.25) is 0 Å². The van der Waals surface area contributed by atoms with Crippen molar-refractivity contribution in [3.8, 4) is 0 Å². The zero-order valence-electron chi connectivity index (χ0n) is 7.33. The average Bonchev–Trinajstić information content (AvgIpc) is 1.85. The smallest absolute Gasteiger partial charge is 0.0902 e. The highest BCUT2D eigenvalue weighted by Gasteiger charge is 2.04. The van der Waals surface area contributed by atoms with Crippen molar-refractivity contribution in [1.29, 1.82) is 0 Å². The second-order valence-corrected chi connectivity index (χ2v) is 3.49. The van der Waals surface area contributed by atoms with Crippen LogP contribution in [-0.4, -0.2) is 36.7 Å². The highest BCUT2D eigenvalue weighted by atomic mass is 28.1. The predicted molar refractivity (Wildman–Crippen MR) is 59.4 cm³/mol. The van der Waals surface area contributed by atoms with Crippen LogP contribution in [0, 0.1) is 0 Å². The molecule has 0 heterocycles. The molecule has 2 nitrogen and oxygen atoms in total. The van der Waals surface area contributed by atoms with Crippen LogP contribution in [0.5, 0.6) is 0 Å². The lowest BCUT2D eigenvalue weighted by Gasteiger charge is -2.24. The molecule has 12 heavy (non-hydrogen) atoms. The van der Waals surface area contributed by atoms with Gasteiger partial charge in [0.25, 0.3) is 0 Å². The van der Waals surface area contributed by atoms with Gasteiger partial charge >= 0.3 is 0 Å². The maximum Gasteiger partial charge on any atom is 0.0902 e. The van der Waals surface area contributed by atoms with Crippen molar-refractivity contribution in [2.45, 2.75) is 0 Å². The molecule has 1 aromatic carbocycles. The molecule has 0 amide bonds. The van der Waals surface area contributed by atoms with Gasteiger partial charge in [0.1, 0.15) is 0 Å². The highest BCUT2D eigenvalue weighted by Crippen LogP contribution is 2.07. The van der Waals surface area contributed by atoms with Crippen molar-refractivity contribution < 1.29 is 4.59 Å². The predicted octanol–water partition coefficient (Wildman–Crippen LogP) is 0.268. The molecule has 0 saturated heterocycles. The number of anilines is 1. The minimum atomic E-state index is 0. The minimum Gasteiger partial charge on any atom is -0.237 e. The number of benzene rings is 1. The Morgan fingerprint density at radius 2 is 1.50 bits per heavy atom. The van der Waals surface area contributed by atoms with Crippen molar-refractivity contribution in [3.63, 3.8) is 0 Å². The summed E-state index contributed by atoms with van der Waals surface area (Å²) in [7, 11) is 6.27. The SMILES string of the molecule is C[N+](C)(C)Nc1ccccc1.[SiH4]. The van der Waals surface area contributed by atoms with Gasteiger partial charge in [-0.25, -0.2) is 10.0 Å². The molecule has 0 aliphatic carbocycles. The van der Waals surface area contributed by atoms with Crippen molar-refractivity contribution in [2.75, 3.05) is 26.6 Å². The summed E-state index contributed by atoms with van der Waals surface area (Å²) >= 11 is 0. The maximum absolute atomic E-state index is 3.32. The lowest BCUT2D eigenvalue weighted by atomic mass is 10.3. The lowest BCUT2D eigenvalue weighted by Crippen LogP contribution is -2.40. The molecular formula is C9H19N2Si+. The van der Waals surface area contributed by atoms with E-state index in [2.05, 4.69) is 38.7 Å². The summed E-state index contributed by atoms with van der Waals surface area (Å²) < 4.78 is 0.740. The van der Waals surface area contributed by atoms with Gasteiger partial charge in [-0.1, -0.05) is 18.2 Å². The second-order valence-electron chi connectivity index (χ2n) is 3.49. The molecular weight excluding hydrogens is 164 g/mol. The van der Waals surface area contributed by atoms with Crippen molar-refractivity contribution in [1.82, 2.24) is 0 Å². The average molecular weight is 183 g/mol. The Hall–Kier alpha value is -0.803. The molecule has 0 atom stereocenters. The molecule has 1 rings (SSSR count). The molecule has 0 spiro atoms. The molecule has 1 N–H and O–H groups in total. The van der Waals surface area contributed by atoms with E-state index in [1.54, 1.807) is 0 Å². The fraction of sp³-hybridized carbons (Fsp3) is 0.333. The third kappa shape index (κ3) is 4.15. The molecule has 0 bridgehead atoms. The number of hydrogen-bond acceptors (Lipinski definition) is 1. The van der Waals surface area contributed by atoms with E-state index >= 15 is 0 Å². The molecule has 0 saturated carbocycles. The molecule has 0 aromatic heterocycles. The number of quaternary nitrogens is 1. The normalized spacial score (nSPS) is 10.2. The van der Waals surface area contributed by atoms with Crippen LogP contribution in [0.1, 0.15) is 0 Å². The molecule has 68 valence electrons. The summed E-state index contributed by atoms with van der Waals surface area (Å²) in [5.41, 5.74) is 4.47. The Morgan fingerprint density at radius 1 is 1.00 bits per heavy atom. The number of nitrogens with one attached hydrogen (secondary N) is 1. The molecule has 0 unspecified atom stereocenters. The first-order valence-electron chi connectivity index (χ1n) is 3.73. The number of nitrogens with zero attached hydrogens (tertiary/aromatic N) is 1. The Morgan fingerprint density at radius 3 is 1.92 bits per heavy atom. The Balaban J connectivity index is 0.00000121. The third-order valence-corrected chi connectivity index (χ3v) is 1.24. The molecule has 1 aromatic rings. The largest absolute Gasteiger partial charge is 0.237 e. The summed E-state index contributed by atoms with van der Waals surface area (Å²) in [5, 5.41) is 0. The second kappa shape index (κ2) is 4.28. The Labute approximate surface area is 78.8 Å². The Kier molecular flexibility index (Phi) is 3.99. The quantitative estimate of drug-likeness (QED) is 0.394. The standard InChI is InChI=1S/C9H15N2.H4Si/c1-11(2,3)10-9-7-5-4-6-8-9;/h4-8,10H,1-3H3;1H4/q+1;. The fourth-order valence-electron chi connectivity index (χ4n) is 0.900. The van der Waals surface area contributed by atoms with Gasteiger partial charge < -0.3 is 0 Å². The summed E-state index contributed by atoms with van der Waals surface area (Å²) in [4.78, 5) is 0. The van der Waals surface area contributed by atoms with Crippen LogP contribution in [0.15, 0.2) is 30.3 Å². The van der Waals surface area contributed by atoms with E-state index in [-0.39, 0.29) is 11.0 Å². The van der Waals surface area contributed by atoms with E-state index in [1.165, 1.54) is 0 Å². The molecule has 0 aliphatic rings. The summed E-state index contributed by atoms with van der Waals surface area (Å²) in [6, 6.07) is 10.2. The first kappa shape index (κ1) is 11.2. The molecule has 0 aliphatic heterocycles. The lowest BCUT2D eigenvalue weighted by molar-refractivity contribution is -0.847. The van der Waals surface area contributed by atoms with Gasteiger partial charge in [-0.2, -0.15) is 0 Å². The van der Waals surface area contributed by atoms with Gasteiger partial charge in [-0.3, -0.25) is 0 Å². The molecule has 0 radical (unpaired) electrons. The highest BCUT2D eigenvalue weighted by molar-refractivity contribution is 5.75. The summed E-state index contributed by atoms with van der Waals surface area (Å²) in [5.74, 6) is 0. The van der Waals surface area contributed by atoms with Gasteiger partial charge in [0, 0.05) is 0 Å². The number of rotatable bonds is 2. The van der Waals surface area contributed by atoms with Crippen LogP contribution in [0.3, 0.4) is 0 Å². The summed E-state index contributed by atoms with van der Waals surface area (Å²) in [6.45, 7) is 0. The molecule has 3 heteroatoms. The van der Waals surface area contributed by atoms with E-state index < -0.39 is 0 Å². The maximum atomic E-state index is 3.32. The van der Waals surface area contributed by atoms with Crippen LogP contribution in [0.2, 0.25) is 0 Å². The summed E-state index contributed by atoms with van der Waals surface area (Å²) in [6.07, 6.45) is 0. The van der Waals surface area contributed by atoms with Gasteiger partial charge in [0.15, 0.2) is 0 Å². The van der Waals surface area contributed by atoms with Crippen molar-refractivity contribution in [3.05, 3.63) is 30.3 Å². The van der Waals surface area contributed by atoms with E-state index in [1.807, 2.05) is 18.2 Å². The molecule has 0 fully saturated rings. The van der Waals surface area contributed by atoms with Crippen molar-refractivity contribution >= 4 is 16.7 Å². The van der Waals surface area contributed by atoms with E-state index in [0.717, 1.165) is 10.3 Å². The van der Waals surface area contributed by atoms with Gasteiger partial charge in [-0.05, 0) is 23.1 Å². The third-order valence-electron chi connectivity index (χ3n) is 1.24. The minimum absolute atomic E-state index is 0. The zero-order chi connectivity index (χ0) is 8.32. The number of hydrogen-bond donors (Lipinski definition) is 1. The Bertz CT molecular complexity index is 216. The first-order valence-corrected chi connectivity index (χ1v) is 3.73. The van der Waals surface area contributed by atoms with E-state index in [4.69, 9.17) is 0 Å².